The molecule has 0 aromatic heterocycles. The molecule has 6 nitrogen and oxygen atoms in total. The Labute approximate surface area is 81.4 Å². The molecule has 0 aliphatic heterocycles. The molecule has 0 heterocycles. The van der Waals surface area contributed by atoms with Gasteiger partial charge < -0.3 is 0 Å². The maximum absolute atomic E-state index is 10.2. The quantitative estimate of drug-likeness (QED) is 0.421. The fraction of sp³-hybridized carbons (Fsp3) is 0.667. The number of aliphatic carboxylic acids is 2. The Morgan fingerprint density at radius 2 is 1.38 bits per heavy atom. The fourth-order valence-electron chi connectivity index (χ4n) is 0.465. The van der Waals surface area contributed by atoms with E-state index < -0.39 is 24.0 Å². The van der Waals surface area contributed by atoms with E-state index in [0.29, 0.717) is 10.6 Å². The first kappa shape index (κ1) is 12.4. The summed E-state index contributed by atoms with van der Waals surface area (Å²) in [5, 5.41) is 17.4. The van der Waals surface area contributed by atoms with Crippen molar-refractivity contribution in [1.29, 1.82) is 0 Å². The molecule has 0 amide bonds. The standard InChI is InChI=1S/C6H12N2O4Se/c7-3(5(9)10)1-13-2-4(8)6(11)12/h3-4H,1-2,7-8H2,(H,9,10)(H,11,12). The van der Waals surface area contributed by atoms with E-state index in [1.807, 2.05) is 0 Å². The van der Waals surface area contributed by atoms with E-state index in [1.54, 1.807) is 0 Å². The van der Waals surface area contributed by atoms with E-state index in [0.717, 1.165) is 0 Å². The van der Waals surface area contributed by atoms with Crippen LogP contribution in [0.5, 0.6) is 0 Å². The van der Waals surface area contributed by atoms with Crippen LogP contribution in [0.2, 0.25) is 10.6 Å². The van der Waals surface area contributed by atoms with Crippen molar-refractivity contribution >= 4 is 26.9 Å². The molecule has 0 saturated carbocycles. The predicted molar refractivity (Wildman–Crippen MR) is 46.6 cm³/mol. The first-order chi connectivity index (χ1) is 5.95. The van der Waals surface area contributed by atoms with Crippen LogP contribution in [-0.2, 0) is 9.59 Å². The molecule has 0 spiro atoms. The van der Waals surface area contributed by atoms with Gasteiger partial charge in [0.15, 0.2) is 0 Å². The van der Waals surface area contributed by atoms with Gasteiger partial charge in [-0.3, -0.25) is 0 Å². The Balaban J connectivity index is 3.56. The van der Waals surface area contributed by atoms with Crippen LogP contribution >= 0.6 is 0 Å². The average molecular weight is 255 g/mol. The SMILES string of the molecule is NC(C[Se]CC(N)C(=O)O)C(=O)O. The van der Waals surface area contributed by atoms with E-state index in [2.05, 4.69) is 0 Å². The third-order valence-corrected chi connectivity index (χ3v) is 3.73. The van der Waals surface area contributed by atoms with Crippen molar-refractivity contribution in [2.75, 3.05) is 0 Å². The van der Waals surface area contributed by atoms with Crippen LogP contribution < -0.4 is 11.5 Å². The van der Waals surface area contributed by atoms with Crippen LogP contribution in [0.25, 0.3) is 0 Å². The normalized spacial score (nSPS) is 14.9. The summed E-state index contributed by atoms with van der Waals surface area (Å²) in [7, 11) is 0. The second-order valence-electron chi connectivity index (χ2n) is 2.43. The topological polar surface area (TPSA) is 127 Å². The van der Waals surface area contributed by atoms with Crippen LogP contribution in [0.15, 0.2) is 0 Å². The summed E-state index contributed by atoms with van der Waals surface area (Å²) in [5.74, 6) is -2.13. The molecule has 76 valence electrons. The molecule has 0 rings (SSSR count). The van der Waals surface area contributed by atoms with Gasteiger partial charge in [-0.15, -0.1) is 0 Å². The number of carboxylic acid groups (broad SMARTS) is 2. The molecule has 6 N–H and O–H groups in total. The number of hydrogen-bond acceptors (Lipinski definition) is 4. The van der Waals surface area contributed by atoms with Gasteiger partial charge in [0, 0.05) is 0 Å². The summed E-state index contributed by atoms with van der Waals surface area (Å²) < 4.78 is 0. The van der Waals surface area contributed by atoms with Crippen LogP contribution in [0, 0.1) is 0 Å². The summed E-state index contributed by atoms with van der Waals surface area (Å²) in [4.78, 5) is 20.5. The Bertz CT molecular complexity index is 179. The minimum atomic E-state index is -1.06. The molecule has 0 saturated heterocycles. The predicted octanol–water partition coefficient (Wildman–Crippen LogP) is -1.65. The number of carboxylic acids is 2. The fourth-order valence-corrected chi connectivity index (χ4v) is 2.41. The number of hydrogen-bond donors (Lipinski definition) is 4. The molecule has 2 unspecified atom stereocenters. The molecule has 0 aromatic carbocycles. The summed E-state index contributed by atoms with van der Waals surface area (Å²) in [6.45, 7) is 0. The molecule has 7 heteroatoms. The van der Waals surface area contributed by atoms with Gasteiger partial charge in [0.25, 0.3) is 0 Å². The number of carbonyl (C=O) groups is 2. The van der Waals surface area contributed by atoms with Crippen molar-refractivity contribution in [2.45, 2.75) is 22.7 Å². The molecule has 0 aromatic rings. The van der Waals surface area contributed by atoms with Gasteiger partial charge in [-0.25, -0.2) is 0 Å². The first-order valence-electron chi connectivity index (χ1n) is 3.49. The van der Waals surface area contributed by atoms with Crippen LogP contribution in [0.4, 0.5) is 0 Å². The van der Waals surface area contributed by atoms with Gasteiger partial charge in [-0.2, -0.15) is 0 Å². The zero-order valence-corrected chi connectivity index (χ0v) is 8.56. The Kier molecular flexibility index (Phi) is 5.65. The Morgan fingerprint density at radius 3 is 1.62 bits per heavy atom. The third-order valence-electron chi connectivity index (χ3n) is 1.23. The van der Waals surface area contributed by atoms with Crippen molar-refractivity contribution < 1.29 is 19.8 Å². The van der Waals surface area contributed by atoms with E-state index >= 15 is 0 Å². The zero-order chi connectivity index (χ0) is 10.4. The molecule has 0 fully saturated rings. The molecule has 0 radical (unpaired) electrons. The molecule has 0 bridgehead atoms. The summed E-state index contributed by atoms with van der Waals surface area (Å²) in [6.07, 6.45) is 0. The summed E-state index contributed by atoms with van der Waals surface area (Å²) >= 11 is -0.129. The second kappa shape index (κ2) is 5.93. The molecular formula is C6H12N2O4Se. The minimum absolute atomic E-state index is 0.129. The monoisotopic (exact) mass is 256 g/mol. The Hall–Kier alpha value is -0.621. The summed E-state index contributed by atoms with van der Waals surface area (Å²) in [6, 6.07) is -1.80. The summed E-state index contributed by atoms with van der Waals surface area (Å²) in [5.41, 5.74) is 10.4. The van der Waals surface area contributed by atoms with Crippen LogP contribution in [0.3, 0.4) is 0 Å². The van der Waals surface area contributed by atoms with Crippen LogP contribution in [-0.4, -0.2) is 49.2 Å². The van der Waals surface area contributed by atoms with E-state index in [4.69, 9.17) is 21.7 Å². The molecule has 13 heavy (non-hydrogen) atoms. The zero-order valence-electron chi connectivity index (χ0n) is 6.84. The van der Waals surface area contributed by atoms with Gasteiger partial charge >= 0.3 is 80.9 Å². The van der Waals surface area contributed by atoms with Crippen molar-refractivity contribution in [2.24, 2.45) is 11.5 Å². The average Bonchev–Trinajstić information content (AvgIpc) is 2.03. The Morgan fingerprint density at radius 1 is 1.08 bits per heavy atom. The van der Waals surface area contributed by atoms with E-state index in [1.165, 1.54) is 0 Å². The van der Waals surface area contributed by atoms with Gasteiger partial charge in [-0.05, 0) is 0 Å². The molecule has 2 atom stereocenters. The van der Waals surface area contributed by atoms with Gasteiger partial charge in [-0.1, -0.05) is 0 Å². The van der Waals surface area contributed by atoms with Gasteiger partial charge in [0.1, 0.15) is 0 Å². The number of nitrogens with two attached hydrogens (primary N) is 2. The molecule has 0 aliphatic rings. The van der Waals surface area contributed by atoms with Crippen molar-refractivity contribution in [3.8, 4) is 0 Å². The number of rotatable bonds is 6. The molecule has 0 aliphatic carbocycles. The molecular weight excluding hydrogens is 243 g/mol. The van der Waals surface area contributed by atoms with Crippen molar-refractivity contribution in [3.63, 3.8) is 0 Å². The first-order valence-corrected chi connectivity index (χ1v) is 5.92. The van der Waals surface area contributed by atoms with Gasteiger partial charge in [0.2, 0.25) is 0 Å². The third kappa shape index (κ3) is 5.59. The van der Waals surface area contributed by atoms with Gasteiger partial charge in [0.05, 0.1) is 0 Å². The second-order valence-corrected chi connectivity index (χ2v) is 4.68. The van der Waals surface area contributed by atoms with Crippen molar-refractivity contribution in [3.05, 3.63) is 0 Å². The maximum atomic E-state index is 10.2. The van der Waals surface area contributed by atoms with Crippen molar-refractivity contribution in [1.82, 2.24) is 0 Å². The van der Waals surface area contributed by atoms with E-state index in [-0.39, 0.29) is 15.0 Å². The van der Waals surface area contributed by atoms with E-state index in [9.17, 15) is 9.59 Å². The van der Waals surface area contributed by atoms with Crippen LogP contribution in [0.1, 0.15) is 0 Å².